The Bertz CT molecular complexity index is 99.8. The Balaban J connectivity index is 2.07. The minimum absolute atomic E-state index is 0.847. The number of aliphatic imine (C=N–C) groups is 1. The van der Waals surface area contributed by atoms with Crippen molar-refractivity contribution < 1.29 is 4.74 Å². The first-order chi connectivity index (χ1) is 4.93. The molecule has 0 saturated carbocycles. The van der Waals surface area contributed by atoms with E-state index >= 15 is 0 Å². The first-order valence-electron chi connectivity index (χ1n) is 3.66. The number of hydrogen-bond acceptors (Lipinski definition) is 3. The third kappa shape index (κ3) is 2.45. The Morgan fingerprint density at radius 3 is 2.70 bits per heavy atom. The predicted octanol–water partition coefficient (Wildman–Crippen LogP) is 0.0192. The van der Waals surface area contributed by atoms with E-state index in [0.717, 1.165) is 39.4 Å². The van der Waals surface area contributed by atoms with Crippen LogP contribution in [0.3, 0.4) is 0 Å². The van der Waals surface area contributed by atoms with Gasteiger partial charge < -0.3 is 4.74 Å². The van der Waals surface area contributed by atoms with Gasteiger partial charge in [0.1, 0.15) is 0 Å². The number of ether oxygens (including phenoxy) is 1. The Morgan fingerprint density at radius 1 is 1.40 bits per heavy atom. The lowest BCUT2D eigenvalue weighted by atomic mass is 10.4. The van der Waals surface area contributed by atoms with Crippen molar-refractivity contribution in [3.8, 4) is 0 Å². The lowest BCUT2D eigenvalue weighted by Gasteiger charge is -2.25. The van der Waals surface area contributed by atoms with Crippen LogP contribution in [0.25, 0.3) is 0 Å². The van der Waals surface area contributed by atoms with Crippen molar-refractivity contribution in [1.29, 1.82) is 0 Å². The minimum Gasteiger partial charge on any atom is -0.379 e. The van der Waals surface area contributed by atoms with E-state index in [2.05, 4.69) is 16.6 Å². The highest BCUT2D eigenvalue weighted by Crippen LogP contribution is 1.94. The van der Waals surface area contributed by atoms with E-state index in [0.29, 0.717) is 0 Å². The molecule has 0 aromatic rings. The van der Waals surface area contributed by atoms with Gasteiger partial charge in [-0.05, 0) is 6.72 Å². The molecule has 1 aliphatic heterocycles. The molecule has 3 heteroatoms. The molecule has 3 nitrogen and oxygen atoms in total. The van der Waals surface area contributed by atoms with Gasteiger partial charge in [0, 0.05) is 19.6 Å². The zero-order chi connectivity index (χ0) is 7.23. The molecule has 0 N–H and O–H groups in total. The van der Waals surface area contributed by atoms with E-state index in [1.165, 1.54) is 0 Å². The highest BCUT2D eigenvalue weighted by Gasteiger charge is 2.07. The van der Waals surface area contributed by atoms with Gasteiger partial charge in [-0.3, -0.25) is 9.89 Å². The molecule has 1 fully saturated rings. The van der Waals surface area contributed by atoms with Crippen LogP contribution in [0, 0.1) is 0 Å². The molecule has 1 heterocycles. The van der Waals surface area contributed by atoms with Crippen LogP contribution < -0.4 is 0 Å². The van der Waals surface area contributed by atoms with Crippen molar-refractivity contribution in [2.75, 3.05) is 39.4 Å². The summed E-state index contributed by atoms with van der Waals surface area (Å²) < 4.78 is 5.19. The molecule has 58 valence electrons. The average molecular weight is 142 g/mol. The van der Waals surface area contributed by atoms with Crippen LogP contribution in [0.1, 0.15) is 0 Å². The van der Waals surface area contributed by atoms with Gasteiger partial charge in [-0.25, -0.2) is 0 Å². The normalized spacial score (nSPS) is 20.8. The molecule has 1 saturated heterocycles. The molecule has 0 spiro atoms. The lowest BCUT2D eigenvalue weighted by molar-refractivity contribution is 0.0395. The van der Waals surface area contributed by atoms with Crippen LogP contribution in [0.4, 0.5) is 0 Å². The molecule has 0 amide bonds. The standard InChI is InChI=1S/C7H14N2O/c1-8-2-3-9-4-6-10-7-5-9/h1-7H2. The van der Waals surface area contributed by atoms with Crippen molar-refractivity contribution in [2.45, 2.75) is 0 Å². The molecular weight excluding hydrogens is 128 g/mol. The van der Waals surface area contributed by atoms with E-state index < -0.39 is 0 Å². The Labute approximate surface area is 61.7 Å². The predicted molar refractivity (Wildman–Crippen MR) is 41.7 cm³/mol. The number of hydrogen-bond donors (Lipinski definition) is 0. The van der Waals surface area contributed by atoms with Gasteiger partial charge in [-0.2, -0.15) is 0 Å². The molecule has 0 aliphatic carbocycles. The summed E-state index contributed by atoms with van der Waals surface area (Å²) in [4.78, 5) is 6.14. The number of rotatable bonds is 3. The van der Waals surface area contributed by atoms with Crippen molar-refractivity contribution in [3.63, 3.8) is 0 Å². The fourth-order valence-corrected chi connectivity index (χ4v) is 1.04. The van der Waals surface area contributed by atoms with Crippen molar-refractivity contribution in [3.05, 3.63) is 0 Å². The zero-order valence-electron chi connectivity index (χ0n) is 6.25. The third-order valence-corrected chi connectivity index (χ3v) is 1.68. The summed E-state index contributed by atoms with van der Waals surface area (Å²) in [7, 11) is 0. The molecule has 0 bridgehead atoms. The molecule has 0 aromatic carbocycles. The van der Waals surface area contributed by atoms with Crippen LogP contribution in [-0.4, -0.2) is 51.0 Å². The quantitative estimate of drug-likeness (QED) is 0.519. The largest absolute Gasteiger partial charge is 0.379 e. The smallest absolute Gasteiger partial charge is 0.0594 e. The third-order valence-electron chi connectivity index (χ3n) is 1.68. The summed E-state index contributed by atoms with van der Waals surface area (Å²) in [6.07, 6.45) is 0. The average Bonchev–Trinajstić information content (AvgIpc) is 2.03. The van der Waals surface area contributed by atoms with E-state index in [-0.39, 0.29) is 0 Å². The SMILES string of the molecule is C=NCCN1CCOCC1. The second-order valence-electron chi connectivity index (χ2n) is 2.40. The Kier molecular flexibility index (Phi) is 3.40. The number of nitrogens with zero attached hydrogens (tertiary/aromatic N) is 2. The van der Waals surface area contributed by atoms with Gasteiger partial charge in [0.15, 0.2) is 0 Å². The first kappa shape index (κ1) is 7.69. The number of morpholine rings is 1. The molecule has 0 unspecified atom stereocenters. The monoisotopic (exact) mass is 142 g/mol. The van der Waals surface area contributed by atoms with Crippen LogP contribution in [0.15, 0.2) is 4.99 Å². The van der Waals surface area contributed by atoms with Crippen molar-refractivity contribution in [2.24, 2.45) is 4.99 Å². The maximum atomic E-state index is 5.19. The summed E-state index contributed by atoms with van der Waals surface area (Å²) in [6.45, 7) is 9.17. The first-order valence-corrected chi connectivity index (χ1v) is 3.66. The molecule has 1 rings (SSSR count). The van der Waals surface area contributed by atoms with Gasteiger partial charge >= 0.3 is 0 Å². The molecule has 0 atom stereocenters. The molecule has 0 radical (unpaired) electrons. The molecule has 10 heavy (non-hydrogen) atoms. The lowest BCUT2D eigenvalue weighted by Crippen LogP contribution is -2.37. The fraction of sp³-hybridized carbons (Fsp3) is 0.857. The summed E-state index contributed by atoms with van der Waals surface area (Å²) in [5.74, 6) is 0. The van der Waals surface area contributed by atoms with Crippen LogP contribution >= 0.6 is 0 Å². The summed E-state index contributed by atoms with van der Waals surface area (Å²) in [6, 6.07) is 0. The van der Waals surface area contributed by atoms with E-state index in [9.17, 15) is 0 Å². The van der Waals surface area contributed by atoms with Gasteiger partial charge in [0.2, 0.25) is 0 Å². The second kappa shape index (κ2) is 4.41. The van der Waals surface area contributed by atoms with E-state index in [4.69, 9.17) is 4.74 Å². The van der Waals surface area contributed by atoms with Crippen LogP contribution in [-0.2, 0) is 4.74 Å². The summed E-state index contributed by atoms with van der Waals surface area (Å²) >= 11 is 0. The topological polar surface area (TPSA) is 24.8 Å². The van der Waals surface area contributed by atoms with E-state index in [1.807, 2.05) is 0 Å². The van der Waals surface area contributed by atoms with Gasteiger partial charge in [-0.15, -0.1) is 0 Å². The maximum Gasteiger partial charge on any atom is 0.0594 e. The molecule has 1 aliphatic rings. The summed E-state index contributed by atoms with van der Waals surface area (Å²) in [5, 5.41) is 0. The Hall–Kier alpha value is -0.410. The van der Waals surface area contributed by atoms with Gasteiger partial charge in [0.25, 0.3) is 0 Å². The fourth-order valence-electron chi connectivity index (χ4n) is 1.04. The Morgan fingerprint density at radius 2 is 2.10 bits per heavy atom. The van der Waals surface area contributed by atoms with Crippen molar-refractivity contribution in [1.82, 2.24) is 4.90 Å². The zero-order valence-corrected chi connectivity index (χ0v) is 6.25. The minimum atomic E-state index is 0.847. The van der Waals surface area contributed by atoms with Crippen molar-refractivity contribution >= 4 is 6.72 Å². The van der Waals surface area contributed by atoms with E-state index in [1.54, 1.807) is 0 Å². The molecular formula is C7H14N2O. The highest BCUT2D eigenvalue weighted by atomic mass is 16.5. The van der Waals surface area contributed by atoms with Gasteiger partial charge in [-0.1, -0.05) is 0 Å². The van der Waals surface area contributed by atoms with Gasteiger partial charge in [0.05, 0.1) is 19.8 Å². The molecule has 0 aromatic heterocycles. The highest BCUT2D eigenvalue weighted by molar-refractivity contribution is 5.23. The van der Waals surface area contributed by atoms with Crippen LogP contribution in [0.5, 0.6) is 0 Å². The second-order valence-corrected chi connectivity index (χ2v) is 2.40. The summed E-state index contributed by atoms with van der Waals surface area (Å²) in [5.41, 5.74) is 0. The van der Waals surface area contributed by atoms with Crippen LogP contribution in [0.2, 0.25) is 0 Å². The maximum absolute atomic E-state index is 5.19.